The normalized spacial score (nSPS) is 19.1. The highest BCUT2D eigenvalue weighted by Gasteiger charge is 2.29. The molecule has 0 aromatic heterocycles. The summed E-state index contributed by atoms with van der Waals surface area (Å²) in [6.07, 6.45) is 12.3. The third kappa shape index (κ3) is 8.48. The molecule has 2 aliphatic heterocycles. The van der Waals surface area contributed by atoms with Crippen molar-refractivity contribution in [2.75, 3.05) is 45.8 Å². The zero-order chi connectivity index (χ0) is 25.0. The summed E-state index contributed by atoms with van der Waals surface area (Å²) < 4.78 is 0. The van der Waals surface area contributed by atoms with Gasteiger partial charge in [0.05, 0.1) is 0 Å². The van der Waals surface area contributed by atoms with Gasteiger partial charge in [-0.15, -0.1) is 0 Å². The van der Waals surface area contributed by atoms with Crippen LogP contribution in [0.2, 0.25) is 0 Å². The van der Waals surface area contributed by atoms with Crippen molar-refractivity contribution in [1.29, 1.82) is 0 Å². The number of nitrogens with zero attached hydrogens (tertiary/aromatic N) is 2. The fourth-order valence-corrected chi connectivity index (χ4v) is 5.75. The van der Waals surface area contributed by atoms with E-state index in [1.807, 2.05) is 6.08 Å². The summed E-state index contributed by atoms with van der Waals surface area (Å²) >= 11 is 0. The molecule has 3 rings (SSSR count). The molecular formula is C31H52N4. The molecule has 0 spiro atoms. The maximum absolute atomic E-state index is 4.09. The molecule has 0 aliphatic carbocycles. The van der Waals surface area contributed by atoms with E-state index >= 15 is 0 Å². The van der Waals surface area contributed by atoms with E-state index in [0.717, 1.165) is 19.1 Å². The number of piperidine rings is 2. The Morgan fingerprint density at radius 3 is 2.34 bits per heavy atom. The van der Waals surface area contributed by atoms with E-state index in [9.17, 15) is 0 Å². The van der Waals surface area contributed by atoms with E-state index in [2.05, 4.69) is 72.9 Å². The van der Waals surface area contributed by atoms with Crippen LogP contribution in [0.4, 0.5) is 0 Å². The van der Waals surface area contributed by atoms with Crippen LogP contribution in [0.25, 0.3) is 5.70 Å². The lowest BCUT2D eigenvalue weighted by atomic mass is 9.94. The molecule has 1 aromatic carbocycles. The summed E-state index contributed by atoms with van der Waals surface area (Å²) in [5, 5.41) is 7.39. The largest absolute Gasteiger partial charge is 0.371 e. The van der Waals surface area contributed by atoms with Crippen molar-refractivity contribution in [2.45, 2.75) is 91.1 Å². The van der Waals surface area contributed by atoms with Crippen LogP contribution >= 0.6 is 0 Å². The molecule has 2 saturated heterocycles. The summed E-state index contributed by atoms with van der Waals surface area (Å²) in [5.41, 5.74) is 6.75. The number of hydrogen-bond acceptors (Lipinski definition) is 4. The van der Waals surface area contributed by atoms with Crippen molar-refractivity contribution in [3.8, 4) is 0 Å². The van der Waals surface area contributed by atoms with E-state index in [1.54, 1.807) is 0 Å². The molecule has 4 nitrogen and oxygen atoms in total. The van der Waals surface area contributed by atoms with Gasteiger partial charge in [0, 0.05) is 36.4 Å². The predicted octanol–water partition coefficient (Wildman–Crippen LogP) is 5.91. The fraction of sp³-hybridized carbons (Fsp3) is 0.677. The van der Waals surface area contributed by atoms with Crippen LogP contribution in [0.15, 0.2) is 36.4 Å². The molecule has 0 unspecified atom stereocenters. The Labute approximate surface area is 216 Å². The first-order chi connectivity index (χ1) is 17.0. The first-order valence-electron chi connectivity index (χ1n) is 14.4. The Balaban J connectivity index is 1.41. The van der Waals surface area contributed by atoms with Crippen molar-refractivity contribution in [2.24, 2.45) is 0 Å². The van der Waals surface area contributed by atoms with Gasteiger partial charge in [0.2, 0.25) is 0 Å². The third-order valence-electron chi connectivity index (χ3n) is 8.08. The molecule has 196 valence electrons. The number of hydrogen-bond donors (Lipinski definition) is 2. The van der Waals surface area contributed by atoms with Gasteiger partial charge in [-0.3, -0.25) is 0 Å². The number of likely N-dealkylation sites (tertiary alicyclic amines) is 2. The number of benzene rings is 1. The summed E-state index contributed by atoms with van der Waals surface area (Å²) in [4.78, 5) is 5.41. The molecule has 2 N–H and O–H groups in total. The second-order valence-electron chi connectivity index (χ2n) is 10.8. The zero-order valence-electron chi connectivity index (χ0n) is 23.2. The lowest BCUT2D eigenvalue weighted by Crippen LogP contribution is -2.50. The number of aryl methyl sites for hydroxylation is 2. The minimum Gasteiger partial charge on any atom is -0.371 e. The SMILES string of the molecule is C=C/C(C)=C(\c1cc(C)ccc1C)N1CCC(N2CCC(NCCCCNCCCC)CC2)CC1. The number of allylic oxidation sites excluding steroid dienone is 2. The van der Waals surface area contributed by atoms with Gasteiger partial charge in [-0.25, -0.2) is 0 Å². The quantitative estimate of drug-likeness (QED) is 0.271. The fourth-order valence-electron chi connectivity index (χ4n) is 5.75. The van der Waals surface area contributed by atoms with Crippen LogP contribution in [0.3, 0.4) is 0 Å². The molecule has 0 saturated carbocycles. The maximum Gasteiger partial charge on any atom is 0.0472 e. The van der Waals surface area contributed by atoms with Gasteiger partial charge in [0.15, 0.2) is 0 Å². The van der Waals surface area contributed by atoms with Crippen LogP contribution in [-0.4, -0.2) is 67.7 Å². The van der Waals surface area contributed by atoms with E-state index in [4.69, 9.17) is 0 Å². The molecule has 1 aromatic rings. The topological polar surface area (TPSA) is 30.5 Å². The molecule has 35 heavy (non-hydrogen) atoms. The summed E-state index contributed by atoms with van der Waals surface area (Å²) in [5.74, 6) is 0. The Bertz CT molecular complexity index is 798. The van der Waals surface area contributed by atoms with Crippen LogP contribution < -0.4 is 10.6 Å². The second-order valence-corrected chi connectivity index (χ2v) is 10.8. The van der Waals surface area contributed by atoms with E-state index in [1.165, 1.54) is 112 Å². The summed E-state index contributed by atoms with van der Waals surface area (Å²) in [6.45, 7) is 21.3. The average molecular weight is 481 g/mol. The smallest absolute Gasteiger partial charge is 0.0472 e. The third-order valence-corrected chi connectivity index (χ3v) is 8.08. The minimum absolute atomic E-state index is 0.716. The Hall–Kier alpha value is -1.62. The van der Waals surface area contributed by atoms with Gasteiger partial charge < -0.3 is 20.4 Å². The molecular weight excluding hydrogens is 428 g/mol. The van der Waals surface area contributed by atoms with Crippen molar-refractivity contribution >= 4 is 5.70 Å². The Morgan fingerprint density at radius 1 is 0.971 bits per heavy atom. The number of nitrogens with one attached hydrogen (secondary N) is 2. The van der Waals surface area contributed by atoms with Gasteiger partial charge in [-0.2, -0.15) is 0 Å². The van der Waals surface area contributed by atoms with Gasteiger partial charge >= 0.3 is 0 Å². The van der Waals surface area contributed by atoms with Crippen molar-refractivity contribution in [3.05, 3.63) is 53.1 Å². The first kappa shape index (κ1) is 28.0. The molecule has 0 amide bonds. The highest BCUT2D eigenvalue weighted by atomic mass is 15.2. The molecule has 2 heterocycles. The Morgan fingerprint density at radius 2 is 1.66 bits per heavy atom. The number of unbranched alkanes of at least 4 members (excludes halogenated alkanes) is 2. The van der Waals surface area contributed by atoms with Crippen molar-refractivity contribution in [3.63, 3.8) is 0 Å². The number of rotatable bonds is 13. The lowest BCUT2D eigenvalue weighted by Gasteiger charge is -2.43. The van der Waals surface area contributed by atoms with Gasteiger partial charge in [0.25, 0.3) is 0 Å². The van der Waals surface area contributed by atoms with E-state index in [-0.39, 0.29) is 0 Å². The van der Waals surface area contributed by atoms with Gasteiger partial charge in [-0.1, -0.05) is 43.7 Å². The Kier molecular flexibility index (Phi) is 11.8. The highest BCUT2D eigenvalue weighted by Crippen LogP contribution is 2.31. The molecule has 2 aliphatic rings. The predicted molar refractivity (Wildman–Crippen MR) is 153 cm³/mol. The highest BCUT2D eigenvalue weighted by molar-refractivity contribution is 5.71. The lowest BCUT2D eigenvalue weighted by molar-refractivity contribution is 0.100. The standard InChI is InChI=1S/C31H52N4/c1-6-8-17-32-18-9-10-19-33-28-13-20-34(21-14-28)29-15-22-35(23-16-29)31(26(4)7-2)30-24-25(3)11-12-27(30)5/h7,11-12,24,28-29,32-33H,2,6,8-10,13-23H2,1,3-5H3/b31-26+. The molecule has 2 fully saturated rings. The summed E-state index contributed by atoms with van der Waals surface area (Å²) in [6, 6.07) is 8.29. The van der Waals surface area contributed by atoms with Crippen LogP contribution in [-0.2, 0) is 0 Å². The van der Waals surface area contributed by atoms with Crippen molar-refractivity contribution < 1.29 is 0 Å². The second kappa shape index (κ2) is 14.8. The zero-order valence-corrected chi connectivity index (χ0v) is 23.2. The molecule has 4 heteroatoms. The summed E-state index contributed by atoms with van der Waals surface area (Å²) in [7, 11) is 0. The monoisotopic (exact) mass is 480 g/mol. The van der Waals surface area contributed by atoms with E-state index < -0.39 is 0 Å². The molecule has 0 atom stereocenters. The molecule has 0 bridgehead atoms. The van der Waals surface area contributed by atoms with Crippen molar-refractivity contribution in [1.82, 2.24) is 20.4 Å². The van der Waals surface area contributed by atoms with Gasteiger partial charge in [-0.05, 0) is 116 Å². The van der Waals surface area contributed by atoms with E-state index in [0.29, 0.717) is 6.04 Å². The minimum atomic E-state index is 0.716. The molecule has 0 radical (unpaired) electrons. The maximum atomic E-state index is 4.09. The van der Waals surface area contributed by atoms with Gasteiger partial charge in [0.1, 0.15) is 0 Å². The van der Waals surface area contributed by atoms with Crippen LogP contribution in [0.5, 0.6) is 0 Å². The first-order valence-corrected chi connectivity index (χ1v) is 14.4. The van der Waals surface area contributed by atoms with Crippen LogP contribution in [0, 0.1) is 13.8 Å². The average Bonchev–Trinajstić information content (AvgIpc) is 2.88. The van der Waals surface area contributed by atoms with Crippen LogP contribution in [0.1, 0.15) is 81.9 Å².